The molecule has 0 amide bonds. The first-order chi connectivity index (χ1) is 7.88. The average Bonchev–Trinajstić information content (AvgIpc) is 2.21. The molecular formula is C10H14F6O2. The van der Waals surface area contributed by atoms with E-state index in [2.05, 4.69) is 4.74 Å². The van der Waals surface area contributed by atoms with Gasteiger partial charge in [-0.15, -0.1) is 0 Å². The van der Waals surface area contributed by atoms with Crippen LogP contribution >= 0.6 is 0 Å². The summed E-state index contributed by atoms with van der Waals surface area (Å²) in [5.74, 6) is -1.49. The van der Waals surface area contributed by atoms with Crippen molar-refractivity contribution in [2.75, 3.05) is 0 Å². The van der Waals surface area contributed by atoms with Gasteiger partial charge >= 0.3 is 18.3 Å². The number of halogens is 6. The van der Waals surface area contributed by atoms with Crippen molar-refractivity contribution in [3.63, 3.8) is 0 Å². The summed E-state index contributed by atoms with van der Waals surface area (Å²) in [5.41, 5.74) is -1.35. The Hall–Kier alpha value is -0.950. The molecule has 108 valence electrons. The first-order valence-corrected chi connectivity index (χ1v) is 5.23. The minimum Gasteiger partial charge on any atom is -0.442 e. The Morgan fingerprint density at radius 2 is 1.33 bits per heavy atom. The highest BCUT2D eigenvalue weighted by molar-refractivity contribution is 5.76. The Kier molecular flexibility index (Phi) is 5.07. The lowest BCUT2D eigenvalue weighted by Crippen LogP contribution is -2.47. The third-order valence-corrected chi connectivity index (χ3v) is 2.87. The van der Waals surface area contributed by atoms with Crippen molar-refractivity contribution in [2.45, 2.75) is 52.1 Å². The molecule has 18 heavy (non-hydrogen) atoms. The number of hydrogen-bond donors (Lipinski definition) is 0. The van der Waals surface area contributed by atoms with E-state index in [4.69, 9.17) is 0 Å². The van der Waals surface area contributed by atoms with Crippen molar-refractivity contribution in [2.24, 2.45) is 5.41 Å². The zero-order valence-electron chi connectivity index (χ0n) is 10.1. The topological polar surface area (TPSA) is 26.3 Å². The Labute approximate surface area is 100 Å². The summed E-state index contributed by atoms with van der Waals surface area (Å²) in [6.07, 6.45) is -15.2. The van der Waals surface area contributed by atoms with Gasteiger partial charge in [-0.2, -0.15) is 26.3 Å². The van der Waals surface area contributed by atoms with Crippen LogP contribution in [0.2, 0.25) is 0 Å². The van der Waals surface area contributed by atoms with Crippen LogP contribution in [0.15, 0.2) is 0 Å². The number of rotatable bonds is 4. The minimum atomic E-state index is -5.67. The Morgan fingerprint density at radius 1 is 1.00 bits per heavy atom. The number of carbonyl (C=O) groups is 1. The zero-order chi connectivity index (χ0) is 14.8. The van der Waals surface area contributed by atoms with Crippen LogP contribution in [0, 0.1) is 5.41 Å². The predicted molar refractivity (Wildman–Crippen MR) is 50.7 cm³/mol. The summed E-state index contributed by atoms with van der Waals surface area (Å²) in [4.78, 5) is 11.4. The van der Waals surface area contributed by atoms with Gasteiger partial charge in [-0.05, 0) is 19.8 Å². The molecule has 0 aliphatic rings. The monoisotopic (exact) mass is 280 g/mol. The van der Waals surface area contributed by atoms with Crippen molar-refractivity contribution in [3.05, 3.63) is 0 Å². The quantitative estimate of drug-likeness (QED) is 0.577. The van der Waals surface area contributed by atoms with Gasteiger partial charge in [0.1, 0.15) is 0 Å². The van der Waals surface area contributed by atoms with Gasteiger partial charge in [0.25, 0.3) is 6.10 Å². The smallest absolute Gasteiger partial charge is 0.434 e. The molecular weight excluding hydrogens is 266 g/mol. The van der Waals surface area contributed by atoms with E-state index in [-0.39, 0.29) is 12.8 Å². The van der Waals surface area contributed by atoms with Crippen molar-refractivity contribution in [3.8, 4) is 0 Å². The Bertz CT molecular complexity index is 276. The molecule has 8 heteroatoms. The second-order valence-electron chi connectivity index (χ2n) is 4.14. The predicted octanol–water partition coefficient (Wildman–Crippen LogP) is 3.85. The van der Waals surface area contributed by atoms with Gasteiger partial charge in [0.15, 0.2) is 0 Å². The molecule has 2 nitrogen and oxygen atoms in total. The molecule has 0 saturated carbocycles. The summed E-state index contributed by atoms with van der Waals surface area (Å²) in [6, 6.07) is 0. The molecule has 0 unspecified atom stereocenters. The third-order valence-electron chi connectivity index (χ3n) is 2.87. The van der Waals surface area contributed by atoms with Crippen LogP contribution in [-0.2, 0) is 9.53 Å². The highest BCUT2D eigenvalue weighted by Gasteiger charge is 2.60. The molecule has 0 atom stereocenters. The molecule has 0 aromatic heterocycles. The van der Waals surface area contributed by atoms with E-state index in [0.29, 0.717) is 0 Å². The maximum absolute atomic E-state index is 12.2. The lowest BCUT2D eigenvalue weighted by Gasteiger charge is -2.29. The molecule has 0 radical (unpaired) electrons. The highest BCUT2D eigenvalue weighted by atomic mass is 19.4. The van der Waals surface area contributed by atoms with Crippen LogP contribution in [-0.4, -0.2) is 24.4 Å². The number of ether oxygens (including phenoxy) is 1. The fourth-order valence-corrected chi connectivity index (χ4v) is 1.11. The number of carbonyl (C=O) groups excluding carboxylic acids is 1. The van der Waals surface area contributed by atoms with Gasteiger partial charge < -0.3 is 4.74 Å². The molecule has 0 heterocycles. The molecule has 0 aliphatic carbocycles. The average molecular weight is 280 g/mol. The van der Waals surface area contributed by atoms with Crippen LogP contribution in [0.4, 0.5) is 26.3 Å². The van der Waals surface area contributed by atoms with Gasteiger partial charge in [-0.1, -0.05) is 13.8 Å². The van der Waals surface area contributed by atoms with Crippen LogP contribution in [0.25, 0.3) is 0 Å². The van der Waals surface area contributed by atoms with Crippen molar-refractivity contribution in [1.82, 2.24) is 0 Å². The Balaban J connectivity index is 5.09. The lowest BCUT2D eigenvalue weighted by molar-refractivity contribution is -0.315. The van der Waals surface area contributed by atoms with Crippen LogP contribution in [0.1, 0.15) is 33.6 Å². The van der Waals surface area contributed by atoms with E-state index >= 15 is 0 Å². The third kappa shape index (κ3) is 4.06. The maximum Gasteiger partial charge on any atom is 0.434 e. The van der Waals surface area contributed by atoms with Gasteiger partial charge in [-0.3, -0.25) is 4.79 Å². The highest BCUT2D eigenvalue weighted by Crippen LogP contribution is 2.38. The SMILES string of the molecule is CCC(C)(CC)C(=O)OC(C(F)(F)F)C(F)(F)F. The number of hydrogen-bond acceptors (Lipinski definition) is 2. The van der Waals surface area contributed by atoms with Crippen molar-refractivity contribution < 1.29 is 35.9 Å². The molecule has 0 aromatic rings. The first kappa shape index (κ1) is 17.1. The van der Waals surface area contributed by atoms with Gasteiger partial charge in [0.05, 0.1) is 5.41 Å². The summed E-state index contributed by atoms with van der Waals surface area (Å²) in [5, 5.41) is 0. The van der Waals surface area contributed by atoms with Crippen LogP contribution in [0.3, 0.4) is 0 Å². The molecule has 0 fully saturated rings. The molecule has 0 rings (SSSR count). The minimum absolute atomic E-state index is 0.0881. The molecule has 0 spiro atoms. The fourth-order valence-electron chi connectivity index (χ4n) is 1.11. The van der Waals surface area contributed by atoms with Crippen molar-refractivity contribution >= 4 is 5.97 Å². The molecule has 0 bridgehead atoms. The van der Waals surface area contributed by atoms with Crippen LogP contribution < -0.4 is 0 Å². The standard InChI is InChI=1S/C10H14F6O2/c1-4-8(3,5-2)7(17)18-6(9(11,12)13)10(14,15)16/h6H,4-5H2,1-3H3. The molecule has 0 saturated heterocycles. The second-order valence-corrected chi connectivity index (χ2v) is 4.14. The summed E-state index contributed by atoms with van der Waals surface area (Å²) >= 11 is 0. The molecule has 0 aliphatic heterocycles. The molecule has 0 aromatic carbocycles. The fraction of sp³-hybridized carbons (Fsp3) is 0.900. The molecule has 0 N–H and O–H groups in total. The summed E-state index contributed by atoms with van der Waals surface area (Å²) < 4.78 is 76.7. The lowest BCUT2D eigenvalue weighted by atomic mass is 9.85. The van der Waals surface area contributed by atoms with E-state index in [9.17, 15) is 31.1 Å². The zero-order valence-corrected chi connectivity index (χ0v) is 10.1. The van der Waals surface area contributed by atoms with Gasteiger partial charge in [0.2, 0.25) is 0 Å². The van der Waals surface area contributed by atoms with Gasteiger partial charge in [-0.25, -0.2) is 0 Å². The summed E-state index contributed by atoms with van der Waals surface area (Å²) in [6.45, 7) is 4.24. The van der Waals surface area contributed by atoms with Gasteiger partial charge in [0, 0.05) is 0 Å². The maximum atomic E-state index is 12.2. The van der Waals surface area contributed by atoms with E-state index in [1.54, 1.807) is 0 Å². The Morgan fingerprint density at radius 3 is 1.56 bits per heavy atom. The van der Waals surface area contributed by atoms with E-state index in [1.165, 1.54) is 20.8 Å². The number of alkyl halides is 6. The second kappa shape index (κ2) is 5.36. The summed E-state index contributed by atoms with van der Waals surface area (Å²) in [7, 11) is 0. The van der Waals surface area contributed by atoms with E-state index in [1.807, 2.05) is 0 Å². The van der Waals surface area contributed by atoms with Crippen molar-refractivity contribution in [1.29, 1.82) is 0 Å². The van der Waals surface area contributed by atoms with E-state index in [0.717, 1.165) is 0 Å². The van der Waals surface area contributed by atoms with E-state index < -0.39 is 29.8 Å². The normalized spacial score (nSPS) is 13.9. The first-order valence-electron chi connectivity index (χ1n) is 5.23. The van der Waals surface area contributed by atoms with Crippen LogP contribution in [0.5, 0.6) is 0 Å². The largest absolute Gasteiger partial charge is 0.442 e. The number of esters is 1.